The summed E-state index contributed by atoms with van der Waals surface area (Å²) in [6, 6.07) is -1.47. The van der Waals surface area contributed by atoms with Crippen molar-refractivity contribution in [2.75, 3.05) is 26.4 Å². The Hall–Kier alpha value is -1.81. The van der Waals surface area contributed by atoms with Crippen molar-refractivity contribution in [3.8, 4) is 0 Å². The molecule has 0 heterocycles. The van der Waals surface area contributed by atoms with Gasteiger partial charge in [-0.2, -0.15) is 0 Å². The van der Waals surface area contributed by atoms with Crippen LogP contribution in [0.15, 0.2) is 36.5 Å². The number of hydrogen-bond acceptors (Lipinski definition) is 8. The molecule has 274 valence electrons. The second-order valence-electron chi connectivity index (χ2n) is 12.0. The van der Waals surface area contributed by atoms with Gasteiger partial charge in [0.25, 0.3) is 0 Å². The molecule has 3 atom stereocenters. The lowest BCUT2D eigenvalue weighted by Crippen LogP contribution is -2.34. The van der Waals surface area contributed by atoms with Gasteiger partial charge in [-0.05, 0) is 57.8 Å². The van der Waals surface area contributed by atoms with E-state index < -0.39 is 45.1 Å². The molecule has 0 radical (unpaired) electrons. The smallest absolute Gasteiger partial charge is 0.472 e. The SMILES string of the molecule is CCC/C=C\CCCCCCCC(=O)OC(COCCCCCCCC/C=C\C/C=C\CCCC)COP(=O)(O)OCC(N)C(=O)O. The Kier molecular flexibility index (Phi) is 31.5. The Labute approximate surface area is 285 Å². The number of carbonyl (C=O) groups is 2. The van der Waals surface area contributed by atoms with Crippen molar-refractivity contribution in [2.24, 2.45) is 5.73 Å². The van der Waals surface area contributed by atoms with Crippen LogP contribution >= 0.6 is 7.82 Å². The molecule has 0 rings (SSSR count). The summed E-state index contributed by atoms with van der Waals surface area (Å²) < 4.78 is 33.1. The third-order valence-corrected chi connectivity index (χ3v) is 8.32. The van der Waals surface area contributed by atoms with Gasteiger partial charge < -0.3 is 25.2 Å². The highest BCUT2D eigenvalue weighted by molar-refractivity contribution is 7.47. The number of phosphoric ester groups is 1. The second kappa shape index (κ2) is 32.7. The molecule has 0 aromatic carbocycles. The maximum atomic E-state index is 12.5. The van der Waals surface area contributed by atoms with Crippen molar-refractivity contribution in [1.82, 2.24) is 0 Å². The lowest BCUT2D eigenvalue weighted by atomic mass is 10.1. The van der Waals surface area contributed by atoms with Crippen LogP contribution in [-0.4, -0.2) is 60.5 Å². The zero-order valence-corrected chi connectivity index (χ0v) is 30.3. The fourth-order valence-electron chi connectivity index (χ4n) is 4.50. The van der Waals surface area contributed by atoms with Gasteiger partial charge in [-0.15, -0.1) is 0 Å². The molecule has 0 amide bonds. The molecule has 0 bridgehead atoms. The number of aliphatic carboxylic acids is 1. The van der Waals surface area contributed by atoms with Gasteiger partial charge in [-0.3, -0.25) is 18.6 Å². The Morgan fingerprint density at radius 2 is 1.21 bits per heavy atom. The van der Waals surface area contributed by atoms with E-state index in [1.54, 1.807) is 0 Å². The first-order valence-corrected chi connectivity index (χ1v) is 19.5. The Bertz CT molecular complexity index is 894. The first-order valence-electron chi connectivity index (χ1n) is 18.0. The lowest BCUT2D eigenvalue weighted by molar-refractivity contribution is -0.154. The lowest BCUT2D eigenvalue weighted by Gasteiger charge is -2.20. The topological polar surface area (TPSA) is 155 Å². The molecule has 4 N–H and O–H groups in total. The maximum absolute atomic E-state index is 12.5. The number of carboxylic acids is 1. The van der Waals surface area contributed by atoms with E-state index in [2.05, 4.69) is 54.8 Å². The summed E-state index contributed by atoms with van der Waals surface area (Å²) in [5.74, 6) is -1.80. The third-order valence-electron chi connectivity index (χ3n) is 7.37. The van der Waals surface area contributed by atoms with E-state index in [9.17, 15) is 19.0 Å². The van der Waals surface area contributed by atoms with Crippen LogP contribution in [0, 0.1) is 0 Å². The van der Waals surface area contributed by atoms with Gasteiger partial charge in [-0.25, -0.2) is 4.57 Å². The van der Waals surface area contributed by atoms with E-state index in [1.165, 1.54) is 38.5 Å². The Morgan fingerprint density at radius 1 is 0.681 bits per heavy atom. The van der Waals surface area contributed by atoms with E-state index in [1.807, 2.05) is 0 Å². The molecular formula is C36H66NO9P. The molecule has 0 aliphatic heterocycles. The van der Waals surface area contributed by atoms with Gasteiger partial charge in [-0.1, -0.05) is 115 Å². The Morgan fingerprint density at radius 3 is 1.83 bits per heavy atom. The molecule has 0 saturated heterocycles. The number of carbonyl (C=O) groups excluding carboxylic acids is 1. The minimum atomic E-state index is -4.61. The van der Waals surface area contributed by atoms with Crippen molar-refractivity contribution in [3.63, 3.8) is 0 Å². The number of allylic oxidation sites excluding steroid dienone is 6. The summed E-state index contributed by atoms with van der Waals surface area (Å²) >= 11 is 0. The number of hydrogen-bond donors (Lipinski definition) is 3. The highest BCUT2D eigenvalue weighted by Gasteiger charge is 2.27. The summed E-state index contributed by atoms with van der Waals surface area (Å²) in [6.45, 7) is 3.71. The number of carboxylic acid groups (broad SMARTS) is 1. The van der Waals surface area contributed by atoms with Crippen LogP contribution in [0.25, 0.3) is 0 Å². The number of rotatable bonds is 34. The average Bonchev–Trinajstić information content (AvgIpc) is 3.04. The number of esters is 1. The summed E-state index contributed by atoms with van der Waals surface area (Å²) in [6.07, 6.45) is 33.5. The Balaban J connectivity index is 4.34. The molecule has 0 aromatic heterocycles. The predicted octanol–water partition coefficient (Wildman–Crippen LogP) is 8.97. The molecule has 47 heavy (non-hydrogen) atoms. The maximum Gasteiger partial charge on any atom is 0.472 e. The molecule has 3 unspecified atom stereocenters. The normalized spacial score (nSPS) is 14.6. The molecule has 0 fully saturated rings. The summed E-state index contributed by atoms with van der Waals surface area (Å²) in [7, 11) is -4.61. The number of unbranched alkanes of at least 4 members (excludes halogenated alkanes) is 14. The zero-order chi connectivity index (χ0) is 34.9. The zero-order valence-electron chi connectivity index (χ0n) is 29.4. The molecule has 0 aromatic rings. The molecule has 0 aliphatic rings. The number of phosphoric acid groups is 1. The van der Waals surface area contributed by atoms with E-state index in [4.69, 9.17) is 24.8 Å². The molecule has 10 nitrogen and oxygen atoms in total. The molecule has 0 aliphatic carbocycles. The monoisotopic (exact) mass is 687 g/mol. The number of ether oxygens (including phenoxy) is 2. The minimum absolute atomic E-state index is 0.00601. The van der Waals surface area contributed by atoms with Gasteiger partial charge in [0.1, 0.15) is 12.1 Å². The number of nitrogens with two attached hydrogens (primary N) is 1. The van der Waals surface area contributed by atoms with E-state index >= 15 is 0 Å². The fraction of sp³-hybridized carbons (Fsp3) is 0.778. The van der Waals surface area contributed by atoms with Crippen LogP contribution in [-0.2, 0) is 32.7 Å². The standard InChI is InChI=1S/C36H66NO9P/c1-3-5-7-9-11-13-15-16-17-18-19-21-23-25-27-29-43-30-33(31-44-47(41,42)45-32-34(37)36(39)40)46-35(38)28-26-24-22-20-14-12-10-8-6-4-2/h8-11,15-16,33-34H,3-7,12-14,17-32,37H2,1-2H3,(H,39,40)(H,41,42)/b10-8-,11-9-,16-15-. The van der Waals surface area contributed by atoms with Gasteiger partial charge in [0, 0.05) is 13.0 Å². The van der Waals surface area contributed by atoms with E-state index in [0.717, 1.165) is 77.0 Å². The highest BCUT2D eigenvalue weighted by Crippen LogP contribution is 2.43. The van der Waals surface area contributed by atoms with Crippen molar-refractivity contribution in [1.29, 1.82) is 0 Å². The minimum Gasteiger partial charge on any atom is -0.480 e. The van der Waals surface area contributed by atoms with Crippen LogP contribution in [0.1, 0.15) is 142 Å². The van der Waals surface area contributed by atoms with Crippen molar-refractivity contribution < 1.29 is 42.7 Å². The third kappa shape index (κ3) is 32.5. The van der Waals surface area contributed by atoms with Crippen LogP contribution in [0.3, 0.4) is 0 Å². The van der Waals surface area contributed by atoms with Crippen LogP contribution in [0.5, 0.6) is 0 Å². The first-order chi connectivity index (χ1) is 22.7. The summed E-state index contributed by atoms with van der Waals surface area (Å²) in [4.78, 5) is 33.3. The van der Waals surface area contributed by atoms with Crippen LogP contribution < -0.4 is 5.73 Å². The predicted molar refractivity (Wildman–Crippen MR) is 189 cm³/mol. The van der Waals surface area contributed by atoms with Crippen molar-refractivity contribution >= 4 is 19.8 Å². The second-order valence-corrected chi connectivity index (χ2v) is 13.4. The molecule has 0 spiro atoms. The summed E-state index contributed by atoms with van der Waals surface area (Å²) in [5.41, 5.74) is 5.32. The van der Waals surface area contributed by atoms with Gasteiger partial charge in [0.2, 0.25) is 0 Å². The summed E-state index contributed by atoms with van der Waals surface area (Å²) in [5, 5.41) is 8.84. The van der Waals surface area contributed by atoms with E-state index in [0.29, 0.717) is 13.0 Å². The van der Waals surface area contributed by atoms with Gasteiger partial charge >= 0.3 is 19.8 Å². The largest absolute Gasteiger partial charge is 0.480 e. The highest BCUT2D eigenvalue weighted by atomic mass is 31.2. The fourth-order valence-corrected chi connectivity index (χ4v) is 5.28. The molecule has 0 saturated carbocycles. The molecular weight excluding hydrogens is 621 g/mol. The first kappa shape index (κ1) is 45.2. The van der Waals surface area contributed by atoms with Crippen molar-refractivity contribution in [3.05, 3.63) is 36.5 Å². The van der Waals surface area contributed by atoms with Gasteiger partial charge in [0.05, 0.1) is 19.8 Å². The van der Waals surface area contributed by atoms with Crippen LogP contribution in [0.2, 0.25) is 0 Å². The molecule has 11 heteroatoms. The van der Waals surface area contributed by atoms with Crippen LogP contribution in [0.4, 0.5) is 0 Å². The van der Waals surface area contributed by atoms with E-state index in [-0.39, 0.29) is 13.0 Å². The average molecular weight is 688 g/mol. The van der Waals surface area contributed by atoms with Gasteiger partial charge in [0.15, 0.2) is 0 Å². The quantitative estimate of drug-likeness (QED) is 0.0258. The van der Waals surface area contributed by atoms with Crippen molar-refractivity contribution in [2.45, 2.75) is 154 Å².